The van der Waals surface area contributed by atoms with Gasteiger partial charge >= 0.3 is 0 Å². The first-order valence-corrected chi connectivity index (χ1v) is 5.67. The lowest BCUT2D eigenvalue weighted by atomic mass is 10.3. The molecule has 0 saturated heterocycles. The standard InChI is InChI=1S/C8H20N.C4H6O2/c1-5-9(6-2,7-3)8-4;1-2-3-4(5)6/h5-8H2,1-4H3;2H,1,3H2,(H,5,6)/q+1;/p-1. The number of carbonyl (C=O) groups is 1. The van der Waals surface area contributed by atoms with Crippen LogP contribution in [0.3, 0.4) is 0 Å². The van der Waals surface area contributed by atoms with Crippen LogP contribution in [0.5, 0.6) is 0 Å². The van der Waals surface area contributed by atoms with Crippen LogP contribution in [-0.2, 0) is 4.79 Å². The van der Waals surface area contributed by atoms with Gasteiger partial charge in [-0.1, -0.05) is 6.08 Å². The normalized spacial score (nSPS) is 10.1. The molecule has 0 heterocycles. The first-order valence-electron chi connectivity index (χ1n) is 5.67. The Hall–Kier alpha value is -0.830. The molecule has 0 atom stereocenters. The molecule has 0 aromatic heterocycles. The fraction of sp³-hybridized carbons (Fsp3) is 0.750. The minimum absolute atomic E-state index is 0.0556. The average Bonchev–Trinajstić information content (AvgIpc) is 2.23. The quantitative estimate of drug-likeness (QED) is 0.493. The van der Waals surface area contributed by atoms with Gasteiger partial charge in [0, 0.05) is 12.4 Å². The van der Waals surface area contributed by atoms with Gasteiger partial charge in [-0.15, -0.1) is 6.58 Å². The van der Waals surface area contributed by atoms with Gasteiger partial charge in [-0.05, 0) is 27.7 Å². The van der Waals surface area contributed by atoms with E-state index in [2.05, 4.69) is 34.3 Å². The molecule has 0 saturated carbocycles. The van der Waals surface area contributed by atoms with E-state index in [1.54, 1.807) is 0 Å². The smallest absolute Gasteiger partial charge is 0.0757 e. The summed E-state index contributed by atoms with van der Waals surface area (Å²) >= 11 is 0. The molecule has 0 N–H and O–H groups in total. The number of hydrogen-bond acceptors (Lipinski definition) is 2. The Balaban J connectivity index is 0. The van der Waals surface area contributed by atoms with Gasteiger partial charge < -0.3 is 14.4 Å². The minimum atomic E-state index is -1.08. The second kappa shape index (κ2) is 9.71. The van der Waals surface area contributed by atoms with Crippen molar-refractivity contribution in [2.75, 3.05) is 26.2 Å². The van der Waals surface area contributed by atoms with Crippen molar-refractivity contribution in [3.05, 3.63) is 12.7 Å². The zero-order valence-corrected chi connectivity index (χ0v) is 10.6. The van der Waals surface area contributed by atoms with Crippen LogP contribution in [0.25, 0.3) is 0 Å². The molecule has 0 rings (SSSR count). The van der Waals surface area contributed by atoms with E-state index in [0.29, 0.717) is 0 Å². The van der Waals surface area contributed by atoms with Crippen molar-refractivity contribution < 1.29 is 14.4 Å². The number of hydrogen-bond donors (Lipinski definition) is 0. The first-order chi connectivity index (χ1) is 7.01. The molecule has 15 heavy (non-hydrogen) atoms. The summed E-state index contributed by atoms with van der Waals surface area (Å²) < 4.78 is 1.28. The summed E-state index contributed by atoms with van der Waals surface area (Å²) in [5.41, 5.74) is 0. The lowest BCUT2D eigenvalue weighted by Crippen LogP contribution is -2.47. The van der Waals surface area contributed by atoms with Gasteiger partial charge in [0.15, 0.2) is 0 Å². The Kier molecular flexibility index (Phi) is 10.7. The Morgan fingerprint density at radius 1 is 1.13 bits per heavy atom. The highest BCUT2D eigenvalue weighted by molar-refractivity contribution is 5.65. The van der Waals surface area contributed by atoms with Crippen LogP contribution >= 0.6 is 0 Å². The molecular weight excluding hydrogens is 190 g/mol. The van der Waals surface area contributed by atoms with E-state index in [9.17, 15) is 9.90 Å². The molecule has 0 aliphatic carbocycles. The van der Waals surface area contributed by atoms with Crippen molar-refractivity contribution in [3.63, 3.8) is 0 Å². The third-order valence-corrected chi connectivity index (χ3v) is 2.99. The number of aliphatic carboxylic acids is 1. The van der Waals surface area contributed by atoms with Crippen molar-refractivity contribution >= 4 is 5.97 Å². The number of carbonyl (C=O) groups excluding carboxylic acids is 1. The average molecular weight is 215 g/mol. The second-order valence-electron chi connectivity index (χ2n) is 3.47. The predicted molar refractivity (Wildman–Crippen MR) is 62.2 cm³/mol. The van der Waals surface area contributed by atoms with E-state index in [1.165, 1.54) is 36.7 Å². The molecule has 0 aromatic carbocycles. The molecular formula is C12H25NO2. The van der Waals surface area contributed by atoms with Crippen LogP contribution in [-0.4, -0.2) is 36.6 Å². The molecule has 0 aliphatic heterocycles. The van der Waals surface area contributed by atoms with E-state index in [0.717, 1.165) is 0 Å². The van der Waals surface area contributed by atoms with E-state index in [-0.39, 0.29) is 6.42 Å². The third kappa shape index (κ3) is 8.18. The highest BCUT2D eigenvalue weighted by atomic mass is 16.4. The van der Waals surface area contributed by atoms with Crippen molar-refractivity contribution in [3.8, 4) is 0 Å². The molecule has 3 nitrogen and oxygen atoms in total. The Bertz CT molecular complexity index is 157. The predicted octanol–water partition coefficient (Wildman–Crippen LogP) is 1.20. The monoisotopic (exact) mass is 215 g/mol. The molecule has 0 spiro atoms. The van der Waals surface area contributed by atoms with Crippen molar-refractivity contribution in [1.82, 2.24) is 0 Å². The molecule has 0 unspecified atom stereocenters. The van der Waals surface area contributed by atoms with E-state index in [4.69, 9.17) is 0 Å². The van der Waals surface area contributed by atoms with E-state index in [1.807, 2.05) is 0 Å². The van der Waals surface area contributed by atoms with Gasteiger partial charge in [0.25, 0.3) is 0 Å². The number of carboxylic acid groups (broad SMARTS) is 1. The molecule has 90 valence electrons. The Morgan fingerprint density at radius 3 is 1.47 bits per heavy atom. The first kappa shape index (κ1) is 16.6. The highest BCUT2D eigenvalue weighted by Gasteiger charge is 2.16. The zero-order chi connectivity index (χ0) is 12.3. The fourth-order valence-electron chi connectivity index (χ4n) is 1.46. The third-order valence-electron chi connectivity index (χ3n) is 2.99. The Labute approximate surface area is 94.0 Å². The lowest BCUT2D eigenvalue weighted by molar-refractivity contribution is -0.921. The summed E-state index contributed by atoms with van der Waals surface area (Å²) in [6, 6.07) is 0. The molecule has 3 heteroatoms. The Morgan fingerprint density at radius 2 is 1.47 bits per heavy atom. The molecule has 0 amide bonds. The van der Waals surface area contributed by atoms with Gasteiger partial charge in [-0.25, -0.2) is 0 Å². The second-order valence-corrected chi connectivity index (χ2v) is 3.47. The van der Waals surface area contributed by atoms with Crippen LogP contribution in [0.2, 0.25) is 0 Å². The number of nitrogens with zero attached hydrogens (tertiary/aromatic N) is 1. The van der Waals surface area contributed by atoms with Crippen LogP contribution in [0.1, 0.15) is 34.1 Å². The zero-order valence-electron chi connectivity index (χ0n) is 10.6. The van der Waals surface area contributed by atoms with Gasteiger partial charge in [0.2, 0.25) is 0 Å². The van der Waals surface area contributed by atoms with Crippen molar-refractivity contribution in [1.29, 1.82) is 0 Å². The van der Waals surface area contributed by atoms with Crippen LogP contribution in [0.4, 0.5) is 0 Å². The minimum Gasteiger partial charge on any atom is -0.550 e. The largest absolute Gasteiger partial charge is 0.550 e. The summed E-state index contributed by atoms with van der Waals surface area (Å²) in [6.07, 6.45) is 1.23. The van der Waals surface area contributed by atoms with Gasteiger partial charge in [-0.3, -0.25) is 0 Å². The van der Waals surface area contributed by atoms with Crippen LogP contribution in [0.15, 0.2) is 12.7 Å². The van der Waals surface area contributed by atoms with E-state index >= 15 is 0 Å². The van der Waals surface area contributed by atoms with Crippen molar-refractivity contribution in [2.45, 2.75) is 34.1 Å². The summed E-state index contributed by atoms with van der Waals surface area (Å²) in [5, 5.41) is 9.42. The highest BCUT2D eigenvalue weighted by Crippen LogP contribution is 2.03. The van der Waals surface area contributed by atoms with Crippen LogP contribution in [0, 0.1) is 0 Å². The van der Waals surface area contributed by atoms with Gasteiger partial charge in [-0.2, -0.15) is 0 Å². The summed E-state index contributed by atoms with van der Waals surface area (Å²) in [7, 11) is 0. The number of rotatable bonds is 6. The number of quaternary nitrogens is 1. The summed E-state index contributed by atoms with van der Waals surface area (Å²) in [4.78, 5) is 9.42. The maximum atomic E-state index is 9.42. The summed E-state index contributed by atoms with van der Waals surface area (Å²) in [6.45, 7) is 17.4. The molecule has 0 fully saturated rings. The number of carboxylic acids is 1. The fourth-order valence-corrected chi connectivity index (χ4v) is 1.46. The van der Waals surface area contributed by atoms with Crippen LogP contribution < -0.4 is 5.11 Å². The van der Waals surface area contributed by atoms with E-state index < -0.39 is 5.97 Å². The maximum Gasteiger partial charge on any atom is 0.0757 e. The molecule has 0 radical (unpaired) electrons. The van der Waals surface area contributed by atoms with Gasteiger partial charge in [0.05, 0.1) is 26.2 Å². The molecule has 0 aliphatic rings. The van der Waals surface area contributed by atoms with Gasteiger partial charge in [0.1, 0.15) is 0 Å². The SMILES string of the molecule is C=CCC(=O)[O-].CC[N+](CC)(CC)CC. The summed E-state index contributed by atoms with van der Waals surface area (Å²) in [5.74, 6) is -1.08. The molecule has 0 aromatic rings. The maximum absolute atomic E-state index is 9.42. The lowest BCUT2D eigenvalue weighted by Gasteiger charge is -2.34. The topological polar surface area (TPSA) is 40.1 Å². The molecule has 0 bridgehead atoms. The van der Waals surface area contributed by atoms with Crippen molar-refractivity contribution in [2.24, 2.45) is 0 Å².